The highest BCUT2D eigenvalue weighted by atomic mass is 35.5. The summed E-state index contributed by atoms with van der Waals surface area (Å²) < 4.78 is 0. The zero-order chi connectivity index (χ0) is 17.4. The van der Waals surface area contributed by atoms with Crippen molar-refractivity contribution in [2.45, 2.75) is 13.8 Å². The van der Waals surface area contributed by atoms with Crippen LogP contribution in [0, 0.1) is 13.8 Å². The van der Waals surface area contributed by atoms with Crippen molar-refractivity contribution in [3.63, 3.8) is 0 Å². The van der Waals surface area contributed by atoms with E-state index in [0.29, 0.717) is 21.8 Å². The van der Waals surface area contributed by atoms with E-state index in [0.717, 1.165) is 16.0 Å². The molecular weight excluding hydrogens is 324 g/mol. The Kier molecular flexibility index (Phi) is 4.16. The van der Waals surface area contributed by atoms with Crippen molar-refractivity contribution in [2.24, 2.45) is 0 Å². The Morgan fingerprint density at radius 1 is 0.958 bits per heavy atom. The molecule has 0 fully saturated rings. The molecular formula is C19H17ClN2O2. The largest absolute Gasteiger partial charge is 0.350 e. The van der Waals surface area contributed by atoms with E-state index in [1.807, 2.05) is 50.2 Å². The molecule has 5 heteroatoms. The summed E-state index contributed by atoms with van der Waals surface area (Å²) in [4.78, 5) is 26.1. The second kappa shape index (κ2) is 6.13. The molecule has 0 aromatic heterocycles. The summed E-state index contributed by atoms with van der Waals surface area (Å²) in [5.74, 6) is -0.670. The lowest BCUT2D eigenvalue weighted by molar-refractivity contribution is -0.135. The number of nitrogens with one attached hydrogen (secondary N) is 1. The molecule has 0 bridgehead atoms. The Balaban J connectivity index is 2.08. The van der Waals surface area contributed by atoms with Gasteiger partial charge in [0.25, 0.3) is 11.8 Å². The van der Waals surface area contributed by atoms with Gasteiger partial charge in [-0.1, -0.05) is 47.5 Å². The number of nitrogens with zero attached hydrogens (tertiary/aromatic N) is 1. The second-order valence-corrected chi connectivity index (χ2v) is 6.28. The van der Waals surface area contributed by atoms with Gasteiger partial charge in [-0.15, -0.1) is 0 Å². The molecule has 24 heavy (non-hydrogen) atoms. The number of rotatable bonds is 3. The maximum atomic E-state index is 12.5. The summed E-state index contributed by atoms with van der Waals surface area (Å²) in [7, 11) is 1.48. The number of imide groups is 1. The van der Waals surface area contributed by atoms with Crippen LogP contribution in [-0.4, -0.2) is 23.8 Å². The molecule has 1 N–H and O–H groups in total. The Morgan fingerprint density at radius 3 is 2.25 bits per heavy atom. The first-order chi connectivity index (χ1) is 11.4. The van der Waals surface area contributed by atoms with Crippen molar-refractivity contribution in [1.82, 2.24) is 4.90 Å². The minimum absolute atomic E-state index is 0.270. The molecule has 2 aromatic carbocycles. The number of halogens is 1. The molecule has 1 aliphatic rings. The van der Waals surface area contributed by atoms with Gasteiger partial charge in [-0.05, 0) is 37.1 Å². The SMILES string of the molecule is Cc1ccc(C2=C(Nc3ccc(C)c(Cl)c3)C(=O)N(C)C2=O)cc1. The maximum Gasteiger partial charge on any atom is 0.277 e. The van der Waals surface area contributed by atoms with Crippen LogP contribution in [-0.2, 0) is 9.59 Å². The lowest BCUT2D eigenvalue weighted by Crippen LogP contribution is -2.27. The molecule has 0 unspecified atom stereocenters. The molecule has 0 saturated heterocycles. The number of amides is 2. The lowest BCUT2D eigenvalue weighted by Gasteiger charge is -2.10. The predicted molar refractivity (Wildman–Crippen MR) is 95.7 cm³/mol. The Bertz CT molecular complexity index is 869. The molecule has 4 nitrogen and oxygen atoms in total. The Hall–Kier alpha value is -2.59. The minimum atomic E-state index is -0.354. The maximum absolute atomic E-state index is 12.5. The van der Waals surface area contributed by atoms with Gasteiger partial charge in [0.05, 0.1) is 5.57 Å². The van der Waals surface area contributed by atoms with Crippen LogP contribution in [0.2, 0.25) is 5.02 Å². The highest BCUT2D eigenvalue weighted by molar-refractivity contribution is 6.36. The van der Waals surface area contributed by atoms with E-state index in [-0.39, 0.29) is 17.5 Å². The summed E-state index contributed by atoms with van der Waals surface area (Å²) in [6, 6.07) is 13.0. The van der Waals surface area contributed by atoms with Crippen molar-refractivity contribution in [2.75, 3.05) is 12.4 Å². The highest BCUT2D eigenvalue weighted by Crippen LogP contribution is 2.30. The first-order valence-corrected chi connectivity index (χ1v) is 7.93. The summed E-state index contributed by atoms with van der Waals surface area (Å²) in [6.45, 7) is 3.88. The van der Waals surface area contributed by atoms with E-state index in [4.69, 9.17) is 11.6 Å². The molecule has 0 aliphatic carbocycles. The van der Waals surface area contributed by atoms with Crippen LogP contribution in [0.3, 0.4) is 0 Å². The first kappa shape index (κ1) is 16.3. The van der Waals surface area contributed by atoms with Crippen LogP contribution in [0.25, 0.3) is 5.57 Å². The molecule has 2 aromatic rings. The molecule has 3 rings (SSSR count). The quantitative estimate of drug-likeness (QED) is 0.865. The third-order valence-corrected chi connectivity index (χ3v) is 4.48. The van der Waals surface area contributed by atoms with Crippen molar-refractivity contribution < 1.29 is 9.59 Å². The van der Waals surface area contributed by atoms with E-state index < -0.39 is 0 Å². The van der Waals surface area contributed by atoms with Crippen LogP contribution in [0.15, 0.2) is 48.2 Å². The average molecular weight is 341 g/mol. The van der Waals surface area contributed by atoms with Gasteiger partial charge in [-0.2, -0.15) is 0 Å². The second-order valence-electron chi connectivity index (χ2n) is 5.87. The highest BCUT2D eigenvalue weighted by Gasteiger charge is 2.36. The monoisotopic (exact) mass is 340 g/mol. The van der Waals surface area contributed by atoms with E-state index in [2.05, 4.69) is 5.32 Å². The van der Waals surface area contributed by atoms with Gasteiger partial charge < -0.3 is 5.32 Å². The van der Waals surface area contributed by atoms with Crippen LogP contribution in [0.4, 0.5) is 5.69 Å². The number of anilines is 1. The number of hydrogen-bond acceptors (Lipinski definition) is 3. The van der Waals surface area contributed by atoms with Crippen LogP contribution >= 0.6 is 11.6 Å². The Labute approximate surface area is 145 Å². The summed E-state index contributed by atoms with van der Waals surface area (Å²) >= 11 is 6.15. The predicted octanol–water partition coefficient (Wildman–Crippen LogP) is 3.78. The summed E-state index contributed by atoms with van der Waals surface area (Å²) in [6.07, 6.45) is 0. The van der Waals surface area contributed by atoms with E-state index in [1.165, 1.54) is 7.05 Å². The third kappa shape index (κ3) is 2.81. The van der Waals surface area contributed by atoms with Crippen molar-refractivity contribution in [3.05, 3.63) is 69.9 Å². The average Bonchev–Trinajstić information content (AvgIpc) is 2.76. The number of carbonyl (C=O) groups excluding carboxylic acids is 2. The fourth-order valence-electron chi connectivity index (χ4n) is 2.56. The van der Waals surface area contributed by atoms with Crippen molar-refractivity contribution >= 4 is 34.7 Å². The fourth-order valence-corrected chi connectivity index (χ4v) is 2.74. The summed E-state index contributed by atoms with van der Waals surface area (Å²) in [5.41, 5.74) is 4.06. The summed E-state index contributed by atoms with van der Waals surface area (Å²) in [5, 5.41) is 3.67. The first-order valence-electron chi connectivity index (χ1n) is 7.55. The zero-order valence-electron chi connectivity index (χ0n) is 13.7. The van der Waals surface area contributed by atoms with Crippen molar-refractivity contribution in [1.29, 1.82) is 0 Å². The third-order valence-electron chi connectivity index (χ3n) is 4.07. The number of carbonyl (C=O) groups is 2. The zero-order valence-corrected chi connectivity index (χ0v) is 14.4. The van der Waals surface area contributed by atoms with Crippen molar-refractivity contribution in [3.8, 4) is 0 Å². The van der Waals surface area contributed by atoms with E-state index in [1.54, 1.807) is 6.07 Å². The smallest absolute Gasteiger partial charge is 0.277 e. The molecule has 0 saturated carbocycles. The van der Waals surface area contributed by atoms with Gasteiger partial charge >= 0.3 is 0 Å². The molecule has 0 atom stereocenters. The number of hydrogen-bond donors (Lipinski definition) is 1. The van der Waals surface area contributed by atoms with Crippen LogP contribution in [0.5, 0.6) is 0 Å². The standard InChI is InChI=1S/C19H17ClN2O2/c1-11-4-7-13(8-5-11)16-17(19(24)22(3)18(16)23)21-14-9-6-12(2)15(20)10-14/h4-10,21H,1-3H3. The molecule has 1 heterocycles. The van der Waals surface area contributed by atoms with Gasteiger partial charge in [0, 0.05) is 17.8 Å². The lowest BCUT2D eigenvalue weighted by atomic mass is 10.0. The molecule has 0 radical (unpaired) electrons. The number of benzene rings is 2. The van der Waals surface area contributed by atoms with Gasteiger partial charge in [0.15, 0.2) is 0 Å². The van der Waals surface area contributed by atoms with Gasteiger partial charge in [-0.3, -0.25) is 14.5 Å². The fraction of sp³-hybridized carbons (Fsp3) is 0.158. The van der Waals surface area contributed by atoms with Crippen LogP contribution in [0.1, 0.15) is 16.7 Å². The van der Waals surface area contributed by atoms with Gasteiger partial charge in [0.2, 0.25) is 0 Å². The minimum Gasteiger partial charge on any atom is -0.350 e. The van der Waals surface area contributed by atoms with E-state index in [9.17, 15) is 9.59 Å². The normalized spacial score (nSPS) is 14.6. The van der Waals surface area contributed by atoms with Gasteiger partial charge in [-0.25, -0.2) is 0 Å². The molecule has 1 aliphatic heterocycles. The molecule has 2 amide bonds. The number of likely N-dealkylation sites (N-methyl/N-ethyl adjacent to an activating group) is 1. The molecule has 0 spiro atoms. The Morgan fingerprint density at radius 2 is 1.62 bits per heavy atom. The van der Waals surface area contributed by atoms with Gasteiger partial charge in [0.1, 0.15) is 5.70 Å². The van der Waals surface area contributed by atoms with Crippen LogP contribution < -0.4 is 5.32 Å². The molecule has 122 valence electrons. The van der Waals surface area contributed by atoms with E-state index >= 15 is 0 Å². The topological polar surface area (TPSA) is 49.4 Å². The number of aryl methyl sites for hydroxylation is 2.